The van der Waals surface area contributed by atoms with Crippen molar-refractivity contribution in [1.29, 1.82) is 0 Å². The lowest BCUT2D eigenvalue weighted by Crippen LogP contribution is -2.30. The Hall–Kier alpha value is -2.46. The molecule has 1 atom stereocenters. The van der Waals surface area contributed by atoms with Crippen molar-refractivity contribution >= 4 is 11.4 Å². The van der Waals surface area contributed by atoms with Gasteiger partial charge in [0.25, 0.3) is 5.69 Å². The standard InChI is InChI=1S/C9H6F4N2O5/c1-4-2-5(14(16)17)3-6(15(18)19)7(4)20-8(10)9(11,12)13/h2-3,8H,1H3. The molecule has 0 bridgehead atoms. The highest BCUT2D eigenvalue weighted by Crippen LogP contribution is 2.37. The molecule has 0 amide bonds. The van der Waals surface area contributed by atoms with Gasteiger partial charge in [-0.1, -0.05) is 0 Å². The Morgan fingerprint density at radius 2 is 1.75 bits per heavy atom. The van der Waals surface area contributed by atoms with Crippen LogP contribution in [0.15, 0.2) is 12.1 Å². The number of hydrogen-bond donors (Lipinski definition) is 0. The highest BCUT2D eigenvalue weighted by atomic mass is 19.4. The molecule has 0 radical (unpaired) electrons. The van der Waals surface area contributed by atoms with Gasteiger partial charge >= 0.3 is 18.2 Å². The maximum absolute atomic E-state index is 12.8. The molecule has 1 aromatic carbocycles. The lowest BCUT2D eigenvalue weighted by atomic mass is 10.1. The lowest BCUT2D eigenvalue weighted by molar-refractivity contribution is -0.395. The summed E-state index contributed by atoms with van der Waals surface area (Å²) in [6, 6.07) is 1.14. The van der Waals surface area contributed by atoms with Gasteiger partial charge in [-0.05, 0) is 6.92 Å². The molecule has 110 valence electrons. The molecule has 0 N–H and O–H groups in total. The van der Waals surface area contributed by atoms with Gasteiger partial charge in [-0.2, -0.15) is 17.6 Å². The second-order valence-electron chi connectivity index (χ2n) is 3.60. The van der Waals surface area contributed by atoms with Crippen LogP contribution in [0.5, 0.6) is 5.75 Å². The minimum Gasteiger partial charge on any atom is -0.444 e. The monoisotopic (exact) mass is 298 g/mol. The number of non-ortho nitro benzene ring substituents is 1. The fraction of sp³-hybridized carbons (Fsp3) is 0.333. The number of hydrogen-bond acceptors (Lipinski definition) is 5. The van der Waals surface area contributed by atoms with E-state index in [1.807, 2.05) is 0 Å². The molecule has 1 unspecified atom stereocenters. The lowest BCUT2D eigenvalue weighted by Gasteiger charge is -2.15. The fourth-order valence-electron chi connectivity index (χ4n) is 1.30. The number of ether oxygens (including phenoxy) is 1. The van der Waals surface area contributed by atoms with E-state index in [0.717, 1.165) is 13.0 Å². The summed E-state index contributed by atoms with van der Waals surface area (Å²) in [6.45, 7) is 1.03. The Morgan fingerprint density at radius 1 is 1.20 bits per heavy atom. The maximum atomic E-state index is 12.8. The molecule has 0 aliphatic rings. The van der Waals surface area contributed by atoms with E-state index in [0.29, 0.717) is 6.07 Å². The van der Waals surface area contributed by atoms with Crippen molar-refractivity contribution in [3.63, 3.8) is 0 Å². The van der Waals surface area contributed by atoms with E-state index in [9.17, 15) is 37.8 Å². The smallest absolute Gasteiger partial charge is 0.444 e. The highest BCUT2D eigenvalue weighted by molar-refractivity contribution is 5.58. The first-order valence-electron chi connectivity index (χ1n) is 4.85. The molecule has 0 aliphatic heterocycles. The molecule has 11 heteroatoms. The topological polar surface area (TPSA) is 95.5 Å². The van der Waals surface area contributed by atoms with Gasteiger partial charge in [0.15, 0.2) is 0 Å². The number of aryl methyl sites for hydroxylation is 1. The summed E-state index contributed by atoms with van der Waals surface area (Å²) < 4.78 is 52.7. The van der Waals surface area contributed by atoms with Gasteiger partial charge in [0.1, 0.15) is 0 Å². The van der Waals surface area contributed by atoms with E-state index in [-0.39, 0.29) is 5.56 Å². The Bertz CT molecular complexity index is 560. The third kappa shape index (κ3) is 3.30. The van der Waals surface area contributed by atoms with Gasteiger partial charge in [-0.25, -0.2) is 0 Å². The summed E-state index contributed by atoms with van der Waals surface area (Å²) >= 11 is 0. The summed E-state index contributed by atoms with van der Waals surface area (Å²) in [7, 11) is 0. The Balaban J connectivity index is 3.32. The zero-order valence-electron chi connectivity index (χ0n) is 9.68. The van der Waals surface area contributed by atoms with Crippen molar-refractivity contribution in [2.75, 3.05) is 0 Å². The number of alkyl halides is 4. The SMILES string of the molecule is Cc1cc([N+](=O)[O-])cc([N+](=O)[O-])c1OC(F)C(F)(F)F. The first-order valence-corrected chi connectivity index (χ1v) is 4.85. The van der Waals surface area contributed by atoms with E-state index in [4.69, 9.17) is 0 Å². The van der Waals surface area contributed by atoms with E-state index in [1.165, 1.54) is 0 Å². The first-order chi connectivity index (χ1) is 9.04. The van der Waals surface area contributed by atoms with Crippen molar-refractivity contribution in [3.8, 4) is 5.75 Å². The molecule has 20 heavy (non-hydrogen) atoms. The largest absolute Gasteiger partial charge is 0.457 e. The Kier molecular flexibility index (Phi) is 4.11. The Labute approximate surface area is 108 Å². The van der Waals surface area contributed by atoms with E-state index < -0.39 is 39.5 Å². The summed E-state index contributed by atoms with van der Waals surface area (Å²) in [5.74, 6) is -1.01. The normalized spacial score (nSPS) is 12.8. The van der Waals surface area contributed by atoms with Crippen LogP contribution >= 0.6 is 0 Å². The average Bonchev–Trinajstić information content (AvgIpc) is 2.29. The van der Waals surface area contributed by atoms with Crippen LogP contribution < -0.4 is 4.74 Å². The van der Waals surface area contributed by atoms with Gasteiger partial charge in [-0.3, -0.25) is 20.2 Å². The summed E-state index contributed by atoms with van der Waals surface area (Å²) in [5, 5.41) is 21.2. The van der Waals surface area contributed by atoms with Crippen molar-refractivity contribution in [2.45, 2.75) is 19.5 Å². The van der Waals surface area contributed by atoms with Crippen LogP contribution in [0.25, 0.3) is 0 Å². The van der Waals surface area contributed by atoms with Crippen LogP contribution in [-0.2, 0) is 0 Å². The molecule has 1 aromatic rings. The third-order valence-corrected chi connectivity index (χ3v) is 2.13. The van der Waals surface area contributed by atoms with Crippen molar-refractivity contribution in [3.05, 3.63) is 37.9 Å². The van der Waals surface area contributed by atoms with Gasteiger partial charge < -0.3 is 4.74 Å². The molecular weight excluding hydrogens is 292 g/mol. The van der Waals surface area contributed by atoms with Crippen LogP contribution in [0.1, 0.15) is 5.56 Å². The molecule has 0 spiro atoms. The fourth-order valence-corrected chi connectivity index (χ4v) is 1.30. The van der Waals surface area contributed by atoms with E-state index >= 15 is 0 Å². The van der Waals surface area contributed by atoms with Crippen LogP contribution in [-0.4, -0.2) is 22.4 Å². The number of nitro groups is 2. The number of nitrogens with zero attached hydrogens (tertiary/aromatic N) is 2. The van der Waals surface area contributed by atoms with Crippen LogP contribution in [0.2, 0.25) is 0 Å². The molecule has 7 nitrogen and oxygen atoms in total. The molecular formula is C9H6F4N2O5. The molecule has 0 aliphatic carbocycles. The van der Waals surface area contributed by atoms with Crippen molar-refractivity contribution in [2.24, 2.45) is 0 Å². The Morgan fingerprint density at radius 3 is 2.15 bits per heavy atom. The predicted molar refractivity (Wildman–Crippen MR) is 56.1 cm³/mol. The zero-order valence-corrected chi connectivity index (χ0v) is 9.68. The minimum absolute atomic E-state index is 0.363. The molecule has 0 saturated heterocycles. The third-order valence-electron chi connectivity index (χ3n) is 2.13. The quantitative estimate of drug-likeness (QED) is 0.483. The zero-order chi connectivity index (χ0) is 15.7. The van der Waals surface area contributed by atoms with Crippen molar-refractivity contribution < 1.29 is 32.1 Å². The number of benzene rings is 1. The summed E-state index contributed by atoms with van der Waals surface area (Å²) in [5.41, 5.74) is -2.20. The number of halogens is 4. The van der Waals surface area contributed by atoms with Crippen LogP contribution in [0, 0.1) is 27.2 Å². The predicted octanol–water partition coefficient (Wildman–Crippen LogP) is 3.05. The first kappa shape index (κ1) is 15.6. The number of rotatable bonds is 4. The van der Waals surface area contributed by atoms with Gasteiger partial charge in [0, 0.05) is 11.6 Å². The van der Waals surface area contributed by atoms with Crippen LogP contribution in [0.3, 0.4) is 0 Å². The highest BCUT2D eigenvalue weighted by Gasteiger charge is 2.44. The summed E-state index contributed by atoms with van der Waals surface area (Å²) in [4.78, 5) is 19.0. The molecule has 0 heterocycles. The van der Waals surface area contributed by atoms with E-state index in [1.54, 1.807) is 0 Å². The number of nitro benzene ring substituents is 2. The molecule has 1 rings (SSSR count). The minimum atomic E-state index is -5.37. The van der Waals surface area contributed by atoms with Gasteiger partial charge in [-0.15, -0.1) is 0 Å². The van der Waals surface area contributed by atoms with Crippen LogP contribution in [0.4, 0.5) is 28.9 Å². The van der Waals surface area contributed by atoms with Crippen molar-refractivity contribution in [1.82, 2.24) is 0 Å². The van der Waals surface area contributed by atoms with Gasteiger partial charge in [0.05, 0.1) is 15.9 Å². The molecule has 0 saturated carbocycles. The summed E-state index contributed by atoms with van der Waals surface area (Å²) in [6.07, 6.45) is -9.15. The molecule has 0 aromatic heterocycles. The van der Waals surface area contributed by atoms with E-state index in [2.05, 4.69) is 4.74 Å². The maximum Gasteiger partial charge on any atom is 0.457 e. The molecule has 0 fully saturated rings. The second-order valence-corrected chi connectivity index (χ2v) is 3.60. The average molecular weight is 298 g/mol. The second kappa shape index (κ2) is 5.27. The van der Waals surface area contributed by atoms with Gasteiger partial charge in [0.2, 0.25) is 5.75 Å².